The first-order valence-electron chi connectivity index (χ1n) is 4.28. The molecule has 3 heteroatoms. The fraction of sp³-hybridized carbons (Fsp3) is 0.400. The molecule has 0 radical (unpaired) electrons. The van der Waals surface area contributed by atoms with Crippen LogP contribution < -0.4 is 0 Å². The number of pyridine rings is 1. The van der Waals surface area contributed by atoms with Crippen molar-refractivity contribution in [2.75, 3.05) is 11.5 Å². The molecular weight excluding hydrogens is 180 g/mol. The number of rotatable bonds is 5. The third-order valence-corrected chi connectivity index (χ3v) is 2.57. The minimum atomic E-state index is 0.646. The van der Waals surface area contributed by atoms with E-state index in [2.05, 4.69) is 11.1 Å². The van der Waals surface area contributed by atoms with Gasteiger partial charge in [-0.25, -0.2) is 0 Å². The molecule has 0 saturated carbocycles. The summed E-state index contributed by atoms with van der Waals surface area (Å²) < 4.78 is 0. The zero-order valence-corrected chi connectivity index (χ0v) is 8.26. The van der Waals surface area contributed by atoms with Gasteiger partial charge in [0.15, 0.2) is 0 Å². The Bertz CT molecular complexity index is 266. The monoisotopic (exact) mass is 192 g/mol. The van der Waals surface area contributed by atoms with E-state index >= 15 is 0 Å². The Morgan fingerprint density at radius 1 is 1.38 bits per heavy atom. The summed E-state index contributed by atoms with van der Waals surface area (Å²) in [4.78, 5) is 4.22. The van der Waals surface area contributed by atoms with Gasteiger partial charge in [0.25, 0.3) is 0 Å². The van der Waals surface area contributed by atoms with Gasteiger partial charge >= 0.3 is 0 Å². The van der Waals surface area contributed by atoms with Crippen molar-refractivity contribution in [1.29, 1.82) is 5.26 Å². The van der Waals surface area contributed by atoms with Crippen LogP contribution in [-0.2, 0) is 6.42 Å². The highest BCUT2D eigenvalue weighted by atomic mass is 32.2. The molecule has 68 valence electrons. The van der Waals surface area contributed by atoms with Crippen molar-refractivity contribution in [2.45, 2.75) is 12.8 Å². The normalized spacial score (nSPS) is 9.46. The Balaban J connectivity index is 2.11. The number of aryl methyl sites for hydroxylation is 1. The molecule has 0 unspecified atom stereocenters. The summed E-state index contributed by atoms with van der Waals surface area (Å²) in [5.41, 5.74) is 1.13. The van der Waals surface area contributed by atoms with E-state index in [1.807, 2.05) is 36.2 Å². The second kappa shape index (κ2) is 6.50. The van der Waals surface area contributed by atoms with E-state index in [0.29, 0.717) is 6.42 Å². The lowest BCUT2D eigenvalue weighted by Crippen LogP contribution is -1.92. The van der Waals surface area contributed by atoms with Crippen LogP contribution in [-0.4, -0.2) is 16.5 Å². The van der Waals surface area contributed by atoms with E-state index < -0.39 is 0 Å². The van der Waals surface area contributed by atoms with Crippen molar-refractivity contribution in [2.24, 2.45) is 0 Å². The summed E-state index contributed by atoms with van der Waals surface area (Å²) in [5, 5.41) is 8.31. The molecule has 1 aromatic heterocycles. The standard InChI is InChI=1S/C10H12N2S/c11-6-3-8-13-9-5-10-4-1-2-7-12-10/h1-2,4,7H,3,5,8-9H2. The Morgan fingerprint density at radius 3 is 3.00 bits per heavy atom. The Labute approximate surface area is 83.0 Å². The topological polar surface area (TPSA) is 36.7 Å². The third kappa shape index (κ3) is 4.54. The molecular formula is C10H12N2S. The first-order valence-corrected chi connectivity index (χ1v) is 5.43. The van der Waals surface area contributed by atoms with Gasteiger partial charge in [0.2, 0.25) is 0 Å². The largest absolute Gasteiger partial charge is 0.261 e. The predicted octanol–water partition coefficient (Wildman–Crippen LogP) is 2.27. The summed E-state index contributed by atoms with van der Waals surface area (Å²) in [6, 6.07) is 8.09. The number of nitrogens with zero attached hydrogens (tertiary/aromatic N) is 2. The summed E-state index contributed by atoms with van der Waals surface area (Å²) in [6.45, 7) is 0. The summed E-state index contributed by atoms with van der Waals surface area (Å²) >= 11 is 1.81. The van der Waals surface area contributed by atoms with Gasteiger partial charge in [0.05, 0.1) is 6.07 Å². The first-order chi connectivity index (χ1) is 6.43. The Kier molecular flexibility index (Phi) is 5.04. The molecule has 1 rings (SSSR count). The number of aromatic nitrogens is 1. The molecule has 1 aromatic rings. The van der Waals surface area contributed by atoms with E-state index in [1.165, 1.54) is 0 Å². The van der Waals surface area contributed by atoms with Crippen LogP contribution in [0.15, 0.2) is 24.4 Å². The fourth-order valence-corrected chi connectivity index (χ4v) is 1.74. The van der Waals surface area contributed by atoms with Gasteiger partial charge in [-0.05, 0) is 24.3 Å². The first kappa shape index (κ1) is 10.1. The van der Waals surface area contributed by atoms with Crippen LogP contribution in [0.4, 0.5) is 0 Å². The smallest absolute Gasteiger partial charge is 0.0630 e. The van der Waals surface area contributed by atoms with Crippen LogP contribution in [0.1, 0.15) is 12.1 Å². The molecule has 13 heavy (non-hydrogen) atoms. The third-order valence-electron chi connectivity index (χ3n) is 1.59. The van der Waals surface area contributed by atoms with Gasteiger partial charge < -0.3 is 0 Å². The molecule has 0 spiro atoms. The number of thioether (sulfide) groups is 1. The summed E-state index contributed by atoms with van der Waals surface area (Å²) in [7, 11) is 0. The molecule has 0 N–H and O–H groups in total. The molecule has 2 nitrogen and oxygen atoms in total. The van der Waals surface area contributed by atoms with Gasteiger partial charge in [-0.1, -0.05) is 6.07 Å². The van der Waals surface area contributed by atoms with Crippen LogP contribution in [0.25, 0.3) is 0 Å². The molecule has 0 aliphatic heterocycles. The van der Waals surface area contributed by atoms with Crippen LogP contribution in [0, 0.1) is 11.3 Å². The second-order valence-electron chi connectivity index (χ2n) is 2.59. The molecule has 0 bridgehead atoms. The van der Waals surface area contributed by atoms with E-state index in [4.69, 9.17) is 5.26 Å². The number of hydrogen-bond acceptors (Lipinski definition) is 3. The Morgan fingerprint density at radius 2 is 2.31 bits per heavy atom. The van der Waals surface area contributed by atoms with Crippen LogP contribution in [0.2, 0.25) is 0 Å². The molecule has 0 saturated heterocycles. The highest BCUT2D eigenvalue weighted by molar-refractivity contribution is 7.99. The minimum absolute atomic E-state index is 0.646. The van der Waals surface area contributed by atoms with E-state index in [0.717, 1.165) is 23.6 Å². The van der Waals surface area contributed by atoms with Gasteiger partial charge in [0.1, 0.15) is 0 Å². The van der Waals surface area contributed by atoms with E-state index in [1.54, 1.807) is 0 Å². The molecule has 0 amide bonds. The molecule has 0 aromatic carbocycles. The average molecular weight is 192 g/mol. The van der Waals surface area contributed by atoms with Crippen LogP contribution in [0.5, 0.6) is 0 Å². The van der Waals surface area contributed by atoms with Crippen molar-refractivity contribution in [3.8, 4) is 6.07 Å². The molecule has 0 fully saturated rings. The van der Waals surface area contributed by atoms with E-state index in [9.17, 15) is 0 Å². The van der Waals surface area contributed by atoms with Crippen molar-refractivity contribution in [3.63, 3.8) is 0 Å². The number of nitriles is 1. The lowest BCUT2D eigenvalue weighted by Gasteiger charge is -1.98. The molecule has 1 heterocycles. The summed E-state index contributed by atoms with van der Waals surface area (Å²) in [6.07, 6.45) is 3.46. The molecule has 0 aliphatic rings. The zero-order valence-electron chi connectivity index (χ0n) is 7.44. The number of hydrogen-bond donors (Lipinski definition) is 0. The van der Waals surface area contributed by atoms with Gasteiger partial charge in [0, 0.05) is 24.1 Å². The maximum Gasteiger partial charge on any atom is 0.0630 e. The van der Waals surface area contributed by atoms with Crippen molar-refractivity contribution < 1.29 is 0 Å². The minimum Gasteiger partial charge on any atom is -0.261 e. The SMILES string of the molecule is N#CCCSCCc1ccccn1. The quantitative estimate of drug-likeness (QED) is 0.671. The lowest BCUT2D eigenvalue weighted by molar-refractivity contribution is 1.04. The Hall–Kier alpha value is -1.01. The van der Waals surface area contributed by atoms with Crippen molar-refractivity contribution in [1.82, 2.24) is 4.98 Å². The molecule has 0 atom stereocenters. The van der Waals surface area contributed by atoms with Crippen molar-refractivity contribution >= 4 is 11.8 Å². The maximum atomic E-state index is 8.31. The van der Waals surface area contributed by atoms with Gasteiger partial charge in [-0.3, -0.25) is 4.98 Å². The zero-order chi connectivity index (χ0) is 9.36. The predicted molar refractivity (Wildman–Crippen MR) is 55.5 cm³/mol. The summed E-state index contributed by atoms with van der Waals surface area (Å²) in [5.74, 6) is 1.99. The van der Waals surface area contributed by atoms with E-state index in [-0.39, 0.29) is 0 Å². The highest BCUT2D eigenvalue weighted by Gasteiger charge is 1.92. The highest BCUT2D eigenvalue weighted by Crippen LogP contribution is 2.05. The van der Waals surface area contributed by atoms with Crippen molar-refractivity contribution in [3.05, 3.63) is 30.1 Å². The van der Waals surface area contributed by atoms with Gasteiger partial charge in [-0.2, -0.15) is 17.0 Å². The lowest BCUT2D eigenvalue weighted by atomic mass is 10.3. The van der Waals surface area contributed by atoms with Crippen LogP contribution >= 0.6 is 11.8 Å². The second-order valence-corrected chi connectivity index (χ2v) is 3.82. The molecule has 0 aliphatic carbocycles. The average Bonchev–Trinajstić information content (AvgIpc) is 2.19. The van der Waals surface area contributed by atoms with Crippen LogP contribution in [0.3, 0.4) is 0 Å². The fourth-order valence-electron chi connectivity index (χ4n) is 0.943. The van der Waals surface area contributed by atoms with Gasteiger partial charge in [-0.15, -0.1) is 0 Å². The maximum absolute atomic E-state index is 8.31.